The van der Waals surface area contributed by atoms with E-state index in [9.17, 15) is 14.4 Å². The molecular weight excluding hydrogens is 262 g/mol. The fourth-order valence-corrected chi connectivity index (χ4v) is 2.77. The number of piperidine rings is 1. The largest absolute Gasteiger partial charge is 0.334 e. The zero-order chi connectivity index (χ0) is 14.3. The van der Waals surface area contributed by atoms with Crippen LogP contribution in [0.15, 0.2) is 12.5 Å². The first-order chi connectivity index (χ1) is 9.52. The highest BCUT2D eigenvalue weighted by Gasteiger charge is 2.49. The average molecular weight is 277 g/mol. The minimum atomic E-state index is -0.983. The number of aryl methyl sites for hydroxylation is 1. The molecule has 2 saturated heterocycles. The van der Waals surface area contributed by atoms with Crippen LogP contribution in [-0.2, 0) is 11.8 Å². The Hall–Kier alpha value is -2.38. The molecule has 8 nitrogen and oxygen atoms in total. The van der Waals surface area contributed by atoms with Gasteiger partial charge in [-0.15, -0.1) is 0 Å². The standard InChI is InChI=1S/C12H15N5O3/c1-16-7-13-5-8(16)9(18)17-4-2-3-12(6-17)10(19)14-11(20)15-12/h5,7H,2-4,6H2,1H3,(H2,14,15,19,20). The topological polar surface area (TPSA) is 96.3 Å². The second-order valence-corrected chi connectivity index (χ2v) is 5.21. The van der Waals surface area contributed by atoms with Gasteiger partial charge < -0.3 is 14.8 Å². The molecule has 0 saturated carbocycles. The van der Waals surface area contributed by atoms with E-state index in [0.717, 1.165) is 0 Å². The number of imidazole rings is 1. The van der Waals surface area contributed by atoms with Crippen molar-refractivity contribution in [3.8, 4) is 0 Å². The van der Waals surface area contributed by atoms with Gasteiger partial charge in [0.15, 0.2) is 0 Å². The molecule has 0 aromatic carbocycles. The molecular formula is C12H15N5O3. The number of carbonyl (C=O) groups is 3. The number of amides is 4. The Morgan fingerprint density at radius 2 is 2.25 bits per heavy atom. The maximum absolute atomic E-state index is 12.4. The molecule has 2 N–H and O–H groups in total. The van der Waals surface area contributed by atoms with E-state index in [1.54, 1.807) is 22.8 Å². The van der Waals surface area contributed by atoms with Gasteiger partial charge in [-0.05, 0) is 12.8 Å². The van der Waals surface area contributed by atoms with Gasteiger partial charge in [-0.3, -0.25) is 14.9 Å². The second kappa shape index (κ2) is 4.32. The smallest absolute Gasteiger partial charge is 0.322 e. The molecule has 4 amide bonds. The third kappa shape index (κ3) is 1.84. The summed E-state index contributed by atoms with van der Waals surface area (Å²) in [6.45, 7) is 0.753. The van der Waals surface area contributed by atoms with Crippen LogP contribution in [-0.4, -0.2) is 50.9 Å². The summed E-state index contributed by atoms with van der Waals surface area (Å²) in [5.41, 5.74) is -0.518. The number of hydrogen-bond donors (Lipinski definition) is 2. The molecule has 106 valence electrons. The highest BCUT2D eigenvalue weighted by Crippen LogP contribution is 2.25. The van der Waals surface area contributed by atoms with Gasteiger partial charge in [-0.2, -0.15) is 0 Å². The van der Waals surface area contributed by atoms with Crippen molar-refractivity contribution in [2.75, 3.05) is 13.1 Å². The van der Waals surface area contributed by atoms with Crippen LogP contribution in [0.2, 0.25) is 0 Å². The van der Waals surface area contributed by atoms with Crippen molar-refractivity contribution in [2.45, 2.75) is 18.4 Å². The number of carbonyl (C=O) groups excluding carboxylic acids is 3. The number of nitrogens with zero attached hydrogens (tertiary/aromatic N) is 3. The summed E-state index contributed by atoms with van der Waals surface area (Å²) in [6, 6.07) is -0.496. The van der Waals surface area contributed by atoms with Crippen LogP contribution in [0.1, 0.15) is 23.3 Å². The minimum absolute atomic E-state index is 0.182. The first-order valence-corrected chi connectivity index (χ1v) is 6.41. The van der Waals surface area contributed by atoms with Gasteiger partial charge in [0.25, 0.3) is 11.8 Å². The third-order valence-electron chi connectivity index (χ3n) is 3.83. The molecule has 2 aliphatic heterocycles. The summed E-state index contributed by atoms with van der Waals surface area (Å²) in [5, 5.41) is 4.89. The van der Waals surface area contributed by atoms with Crippen molar-refractivity contribution in [2.24, 2.45) is 7.05 Å². The number of imide groups is 1. The molecule has 0 radical (unpaired) electrons. The summed E-state index contributed by atoms with van der Waals surface area (Å²) in [5.74, 6) is -0.539. The minimum Gasteiger partial charge on any atom is -0.334 e. The van der Waals surface area contributed by atoms with Crippen LogP contribution >= 0.6 is 0 Å². The van der Waals surface area contributed by atoms with Crippen LogP contribution in [0.5, 0.6) is 0 Å². The normalized spacial score (nSPS) is 25.8. The Labute approximate surface area is 115 Å². The Morgan fingerprint density at radius 3 is 2.85 bits per heavy atom. The van der Waals surface area contributed by atoms with E-state index in [4.69, 9.17) is 0 Å². The lowest BCUT2D eigenvalue weighted by Gasteiger charge is -2.37. The Morgan fingerprint density at radius 1 is 1.45 bits per heavy atom. The zero-order valence-corrected chi connectivity index (χ0v) is 11.0. The van der Waals surface area contributed by atoms with E-state index < -0.39 is 11.6 Å². The molecule has 2 aliphatic rings. The predicted molar refractivity (Wildman–Crippen MR) is 67.8 cm³/mol. The lowest BCUT2D eigenvalue weighted by molar-refractivity contribution is -0.125. The van der Waals surface area contributed by atoms with Gasteiger partial charge in [0.1, 0.15) is 11.2 Å². The molecule has 1 spiro atoms. The summed E-state index contributed by atoms with van der Waals surface area (Å²) >= 11 is 0. The number of urea groups is 1. The predicted octanol–water partition coefficient (Wildman–Crippen LogP) is -0.766. The van der Waals surface area contributed by atoms with Crippen LogP contribution in [0.4, 0.5) is 4.79 Å². The van der Waals surface area contributed by atoms with Crippen molar-refractivity contribution >= 4 is 17.8 Å². The molecule has 1 unspecified atom stereocenters. The van der Waals surface area contributed by atoms with Gasteiger partial charge in [-0.25, -0.2) is 9.78 Å². The lowest BCUT2D eigenvalue weighted by Crippen LogP contribution is -2.59. The molecule has 3 rings (SSSR count). The van der Waals surface area contributed by atoms with Crippen molar-refractivity contribution < 1.29 is 14.4 Å². The number of rotatable bonds is 1. The van der Waals surface area contributed by atoms with Gasteiger partial charge in [0.05, 0.1) is 19.1 Å². The Kier molecular flexibility index (Phi) is 2.73. The Bertz CT molecular complexity index is 596. The SMILES string of the molecule is Cn1cncc1C(=O)N1CCCC2(C1)NC(=O)NC2=O. The maximum atomic E-state index is 12.4. The fourth-order valence-electron chi connectivity index (χ4n) is 2.77. The highest BCUT2D eigenvalue weighted by atomic mass is 16.2. The quantitative estimate of drug-likeness (QED) is 0.659. The van der Waals surface area contributed by atoms with E-state index in [1.807, 2.05) is 0 Å². The third-order valence-corrected chi connectivity index (χ3v) is 3.83. The molecule has 8 heteroatoms. The van der Waals surface area contributed by atoms with Crippen molar-refractivity contribution in [1.29, 1.82) is 0 Å². The van der Waals surface area contributed by atoms with Gasteiger partial charge >= 0.3 is 6.03 Å². The van der Waals surface area contributed by atoms with E-state index >= 15 is 0 Å². The maximum Gasteiger partial charge on any atom is 0.322 e. The van der Waals surface area contributed by atoms with E-state index in [-0.39, 0.29) is 18.4 Å². The van der Waals surface area contributed by atoms with Crippen molar-refractivity contribution in [3.63, 3.8) is 0 Å². The van der Waals surface area contributed by atoms with E-state index in [0.29, 0.717) is 25.1 Å². The summed E-state index contributed by atoms with van der Waals surface area (Å²) in [7, 11) is 1.74. The molecule has 20 heavy (non-hydrogen) atoms. The summed E-state index contributed by atoms with van der Waals surface area (Å²) in [6.07, 6.45) is 4.25. The van der Waals surface area contributed by atoms with Gasteiger partial charge in [0, 0.05) is 13.6 Å². The monoisotopic (exact) mass is 277 g/mol. The Balaban J connectivity index is 1.82. The number of aromatic nitrogens is 2. The lowest BCUT2D eigenvalue weighted by atomic mass is 9.89. The molecule has 2 fully saturated rings. The molecule has 1 aromatic heterocycles. The number of nitrogens with one attached hydrogen (secondary N) is 2. The fraction of sp³-hybridized carbons (Fsp3) is 0.500. The summed E-state index contributed by atoms with van der Waals surface area (Å²) < 4.78 is 1.64. The first-order valence-electron chi connectivity index (χ1n) is 6.41. The van der Waals surface area contributed by atoms with Crippen LogP contribution < -0.4 is 10.6 Å². The second-order valence-electron chi connectivity index (χ2n) is 5.21. The highest BCUT2D eigenvalue weighted by molar-refractivity contribution is 6.07. The van der Waals surface area contributed by atoms with Crippen molar-refractivity contribution in [1.82, 2.24) is 25.1 Å². The summed E-state index contributed by atoms with van der Waals surface area (Å²) in [4.78, 5) is 41.2. The number of hydrogen-bond acceptors (Lipinski definition) is 4. The van der Waals surface area contributed by atoms with Crippen LogP contribution in [0.25, 0.3) is 0 Å². The molecule has 1 aromatic rings. The van der Waals surface area contributed by atoms with E-state index in [2.05, 4.69) is 15.6 Å². The van der Waals surface area contributed by atoms with Gasteiger partial charge in [0.2, 0.25) is 0 Å². The van der Waals surface area contributed by atoms with Gasteiger partial charge in [-0.1, -0.05) is 0 Å². The molecule has 3 heterocycles. The molecule has 0 bridgehead atoms. The van der Waals surface area contributed by atoms with E-state index in [1.165, 1.54) is 6.20 Å². The van der Waals surface area contributed by atoms with Crippen molar-refractivity contribution in [3.05, 3.63) is 18.2 Å². The first kappa shape index (κ1) is 12.6. The molecule has 0 aliphatic carbocycles. The van der Waals surface area contributed by atoms with Crippen LogP contribution in [0.3, 0.4) is 0 Å². The number of likely N-dealkylation sites (tertiary alicyclic amines) is 1. The van der Waals surface area contributed by atoms with Crippen LogP contribution in [0, 0.1) is 0 Å². The average Bonchev–Trinajstić information content (AvgIpc) is 2.94. The zero-order valence-electron chi connectivity index (χ0n) is 11.0. The molecule has 1 atom stereocenters.